The second-order valence-corrected chi connectivity index (χ2v) is 4.76. The number of esters is 1. The van der Waals surface area contributed by atoms with E-state index in [0.717, 1.165) is 0 Å². The number of hydrogen-bond donors (Lipinski definition) is 1. The molecule has 1 aromatic heterocycles. The number of H-pyrrole nitrogens is 1. The second-order valence-electron chi connectivity index (χ2n) is 2.74. The van der Waals surface area contributed by atoms with Gasteiger partial charge in [0.2, 0.25) is 0 Å². The summed E-state index contributed by atoms with van der Waals surface area (Å²) >= 11 is 6.38. The van der Waals surface area contributed by atoms with E-state index in [1.54, 1.807) is 26.2 Å². The van der Waals surface area contributed by atoms with Gasteiger partial charge in [0.15, 0.2) is 5.82 Å². The zero-order valence-electron chi connectivity index (χ0n) is 8.52. The SMILES string of the molecule is CCOC(=O)C(C)SC(=S)c1ncc[nH]1. The number of carbonyl (C=O) groups excluding carboxylic acids is 1. The molecule has 4 nitrogen and oxygen atoms in total. The Morgan fingerprint density at radius 3 is 3.07 bits per heavy atom. The maximum atomic E-state index is 11.3. The summed E-state index contributed by atoms with van der Waals surface area (Å²) in [5.41, 5.74) is 0. The first-order valence-electron chi connectivity index (χ1n) is 4.52. The van der Waals surface area contributed by atoms with Gasteiger partial charge in [0.1, 0.15) is 9.45 Å². The van der Waals surface area contributed by atoms with E-state index in [4.69, 9.17) is 17.0 Å². The maximum absolute atomic E-state index is 11.3. The van der Waals surface area contributed by atoms with E-state index in [9.17, 15) is 4.79 Å². The number of nitrogens with one attached hydrogen (secondary N) is 1. The predicted molar refractivity (Wildman–Crippen MR) is 64.0 cm³/mol. The van der Waals surface area contributed by atoms with Crippen LogP contribution < -0.4 is 0 Å². The number of aromatic amines is 1. The molecule has 0 aliphatic heterocycles. The van der Waals surface area contributed by atoms with E-state index in [1.807, 2.05) is 0 Å². The van der Waals surface area contributed by atoms with Crippen molar-refractivity contribution >= 4 is 34.1 Å². The molecule has 0 radical (unpaired) electrons. The third-order valence-corrected chi connectivity index (χ3v) is 3.03. The van der Waals surface area contributed by atoms with Crippen molar-refractivity contribution in [3.8, 4) is 0 Å². The van der Waals surface area contributed by atoms with Crippen molar-refractivity contribution in [2.45, 2.75) is 19.1 Å². The van der Waals surface area contributed by atoms with Gasteiger partial charge in [-0.05, 0) is 13.8 Å². The number of imidazole rings is 1. The molecule has 0 saturated carbocycles. The molecule has 1 aromatic rings. The number of hydrogen-bond acceptors (Lipinski definition) is 5. The van der Waals surface area contributed by atoms with Crippen molar-refractivity contribution in [1.82, 2.24) is 9.97 Å². The van der Waals surface area contributed by atoms with Crippen LogP contribution in [0.3, 0.4) is 0 Å². The Morgan fingerprint density at radius 2 is 2.53 bits per heavy atom. The van der Waals surface area contributed by atoms with Gasteiger partial charge in [0.05, 0.1) is 6.61 Å². The first kappa shape index (κ1) is 12.2. The van der Waals surface area contributed by atoms with Crippen LogP contribution in [0, 0.1) is 0 Å². The molecule has 15 heavy (non-hydrogen) atoms. The van der Waals surface area contributed by atoms with Crippen LogP contribution in [-0.4, -0.2) is 32.0 Å². The van der Waals surface area contributed by atoms with Crippen molar-refractivity contribution in [3.63, 3.8) is 0 Å². The highest BCUT2D eigenvalue weighted by atomic mass is 32.2. The minimum absolute atomic E-state index is 0.253. The number of carbonyl (C=O) groups is 1. The fraction of sp³-hybridized carbons (Fsp3) is 0.444. The predicted octanol–water partition coefficient (Wildman–Crippen LogP) is 1.77. The molecule has 0 bridgehead atoms. The molecule has 1 unspecified atom stereocenters. The van der Waals surface area contributed by atoms with E-state index in [-0.39, 0.29) is 11.2 Å². The van der Waals surface area contributed by atoms with Crippen LogP contribution >= 0.6 is 24.0 Å². The molecule has 0 aromatic carbocycles. The molecule has 1 rings (SSSR count). The molecule has 1 atom stereocenters. The number of thioether (sulfide) groups is 1. The smallest absolute Gasteiger partial charge is 0.319 e. The molecule has 0 aliphatic rings. The highest BCUT2D eigenvalue weighted by Gasteiger charge is 2.18. The summed E-state index contributed by atoms with van der Waals surface area (Å²) in [6.45, 7) is 3.93. The number of thiocarbonyl (C=S) groups is 1. The molecule has 0 aliphatic carbocycles. The Kier molecular flexibility index (Phi) is 4.77. The molecule has 0 spiro atoms. The largest absolute Gasteiger partial charge is 0.465 e. The zero-order chi connectivity index (χ0) is 11.3. The summed E-state index contributed by atoms with van der Waals surface area (Å²) in [5, 5.41) is -0.303. The average molecular weight is 244 g/mol. The Balaban J connectivity index is 2.48. The fourth-order valence-corrected chi connectivity index (χ4v) is 2.15. The van der Waals surface area contributed by atoms with Crippen molar-refractivity contribution in [1.29, 1.82) is 0 Å². The van der Waals surface area contributed by atoms with Crippen molar-refractivity contribution in [2.75, 3.05) is 6.61 Å². The van der Waals surface area contributed by atoms with E-state index in [2.05, 4.69) is 9.97 Å². The fourth-order valence-electron chi connectivity index (χ4n) is 0.901. The normalized spacial score (nSPS) is 12.1. The van der Waals surface area contributed by atoms with Gasteiger partial charge in [0.25, 0.3) is 0 Å². The zero-order valence-corrected chi connectivity index (χ0v) is 10.2. The standard InChI is InChI=1S/C9H12N2O2S2/c1-3-13-8(12)6(2)15-9(14)7-10-4-5-11-7/h4-6H,3H2,1-2H3,(H,10,11). The van der Waals surface area contributed by atoms with Crippen LogP contribution in [0.5, 0.6) is 0 Å². The first-order chi connectivity index (χ1) is 7.15. The molecule has 0 fully saturated rings. The third-order valence-electron chi connectivity index (χ3n) is 1.59. The molecule has 1 heterocycles. The van der Waals surface area contributed by atoms with Crippen LogP contribution in [0.25, 0.3) is 0 Å². The van der Waals surface area contributed by atoms with Gasteiger partial charge in [-0.1, -0.05) is 24.0 Å². The monoisotopic (exact) mass is 244 g/mol. The van der Waals surface area contributed by atoms with Crippen LogP contribution in [0.4, 0.5) is 0 Å². The Morgan fingerprint density at radius 1 is 1.80 bits per heavy atom. The average Bonchev–Trinajstić information content (AvgIpc) is 2.70. The first-order valence-corrected chi connectivity index (χ1v) is 5.81. The lowest BCUT2D eigenvalue weighted by atomic mass is 10.5. The number of rotatable bonds is 4. The maximum Gasteiger partial charge on any atom is 0.319 e. The van der Waals surface area contributed by atoms with Gasteiger partial charge in [-0.2, -0.15) is 0 Å². The summed E-state index contributed by atoms with van der Waals surface area (Å²) in [6.07, 6.45) is 3.31. The van der Waals surface area contributed by atoms with Crippen LogP contribution in [0.15, 0.2) is 12.4 Å². The summed E-state index contributed by atoms with van der Waals surface area (Å²) in [5.74, 6) is 0.363. The van der Waals surface area contributed by atoms with Gasteiger partial charge >= 0.3 is 5.97 Å². The van der Waals surface area contributed by atoms with E-state index in [0.29, 0.717) is 16.6 Å². The van der Waals surface area contributed by atoms with Crippen LogP contribution in [-0.2, 0) is 9.53 Å². The highest BCUT2D eigenvalue weighted by Crippen LogP contribution is 2.17. The molecular weight excluding hydrogens is 232 g/mol. The van der Waals surface area contributed by atoms with E-state index >= 15 is 0 Å². The van der Waals surface area contributed by atoms with Crippen molar-refractivity contribution in [2.24, 2.45) is 0 Å². The van der Waals surface area contributed by atoms with Gasteiger partial charge in [-0.3, -0.25) is 4.79 Å². The molecule has 6 heteroatoms. The van der Waals surface area contributed by atoms with Crippen LogP contribution in [0.2, 0.25) is 0 Å². The Labute approximate surface area is 97.8 Å². The molecule has 82 valence electrons. The minimum Gasteiger partial charge on any atom is -0.465 e. The number of nitrogens with zero attached hydrogens (tertiary/aromatic N) is 1. The van der Waals surface area contributed by atoms with Crippen molar-refractivity contribution < 1.29 is 9.53 Å². The highest BCUT2D eigenvalue weighted by molar-refractivity contribution is 8.24. The second kappa shape index (κ2) is 5.87. The lowest BCUT2D eigenvalue weighted by molar-refractivity contribution is -0.142. The van der Waals surface area contributed by atoms with Gasteiger partial charge in [-0.15, -0.1) is 0 Å². The quantitative estimate of drug-likeness (QED) is 0.646. The number of aromatic nitrogens is 2. The summed E-state index contributed by atoms with van der Waals surface area (Å²) < 4.78 is 5.44. The summed E-state index contributed by atoms with van der Waals surface area (Å²) in [6, 6.07) is 0. The molecule has 1 N–H and O–H groups in total. The van der Waals surface area contributed by atoms with Crippen molar-refractivity contribution in [3.05, 3.63) is 18.2 Å². The lowest BCUT2D eigenvalue weighted by Crippen LogP contribution is -2.18. The number of ether oxygens (including phenoxy) is 1. The van der Waals surface area contributed by atoms with Gasteiger partial charge < -0.3 is 9.72 Å². The Bertz CT molecular complexity index is 338. The summed E-state index contributed by atoms with van der Waals surface area (Å²) in [7, 11) is 0. The molecule has 0 saturated heterocycles. The van der Waals surface area contributed by atoms with E-state index < -0.39 is 0 Å². The minimum atomic E-state index is -0.303. The lowest BCUT2D eigenvalue weighted by Gasteiger charge is -2.09. The van der Waals surface area contributed by atoms with E-state index in [1.165, 1.54) is 11.8 Å². The Hall–Kier alpha value is -0.880. The molecule has 0 amide bonds. The van der Waals surface area contributed by atoms with Crippen LogP contribution in [0.1, 0.15) is 19.7 Å². The third kappa shape index (κ3) is 3.64. The van der Waals surface area contributed by atoms with Gasteiger partial charge in [0, 0.05) is 12.4 Å². The topological polar surface area (TPSA) is 55.0 Å². The van der Waals surface area contributed by atoms with Gasteiger partial charge in [-0.25, -0.2) is 4.98 Å². The summed E-state index contributed by atoms with van der Waals surface area (Å²) in [4.78, 5) is 18.2. The molecular formula is C9H12N2O2S2.